The van der Waals surface area contributed by atoms with E-state index in [9.17, 15) is 21.4 Å². The molecule has 17 heteroatoms. The van der Waals surface area contributed by atoms with E-state index in [1.165, 1.54) is 28.9 Å². The first kappa shape index (κ1) is 25.5. The molecule has 0 radical (unpaired) electrons. The van der Waals surface area contributed by atoms with Gasteiger partial charge in [-0.15, -0.1) is 0 Å². The molecule has 0 atom stereocenters. The van der Waals surface area contributed by atoms with Crippen molar-refractivity contribution in [2.24, 2.45) is 0 Å². The van der Waals surface area contributed by atoms with Crippen molar-refractivity contribution in [3.63, 3.8) is 0 Å². The van der Waals surface area contributed by atoms with Crippen LogP contribution in [0.25, 0.3) is 16.7 Å². The SMILES string of the molecule is CS(=O)(=O)CS(=O)(=O)Nc1ccc(Nc2ncc3cnn(-c4ccc(OP(=O)(O)O)cc4)c3n2)cc1. The van der Waals surface area contributed by atoms with Gasteiger partial charge in [0.25, 0.3) is 0 Å². The first-order chi connectivity index (χ1) is 16.8. The van der Waals surface area contributed by atoms with Crippen LogP contribution >= 0.6 is 7.82 Å². The Labute approximate surface area is 205 Å². The van der Waals surface area contributed by atoms with E-state index in [0.717, 1.165) is 6.26 Å². The summed E-state index contributed by atoms with van der Waals surface area (Å²) >= 11 is 0. The topological polar surface area (TPSA) is 203 Å². The van der Waals surface area contributed by atoms with Crippen molar-refractivity contribution < 1.29 is 35.7 Å². The fourth-order valence-electron chi connectivity index (χ4n) is 3.09. The molecule has 0 spiro atoms. The van der Waals surface area contributed by atoms with Gasteiger partial charge in [-0.1, -0.05) is 0 Å². The second-order valence-electron chi connectivity index (χ2n) is 7.57. The van der Waals surface area contributed by atoms with E-state index in [2.05, 4.69) is 29.6 Å². The Hall–Kier alpha value is -3.56. The minimum absolute atomic E-state index is 0.0115. The molecule has 2 aromatic heterocycles. The lowest BCUT2D eigenvalue weighted by Gasteiger charge is -2.10. The van der Waals surface area contributed by atoms with Crippen molar-refractivity contribution in [1.29, 1.82) is 0 Å². The highest BCUT2D eigenvalue weighted by Crippen LogP contribution is 2.37. The molecule has 4 aromatic rings. The Kier molecular flexibility index (Phi) is 6.72. The standard InChI is InChI=1S/C19H19N6O8PS2/c1-35(29,30)12-36(31,32)24-15-4-2-14(3-5-15)22-19-20-10-13-11-21-25(18(13)23-19)16-6-8-17(9-7-16)33-34(26,27)28/h2-11,24H,12H2,1H3,(H,20,22,23)(H2,26,27,28). The molecule has 190 valence electrons. The van der Waals surface area contributed by atoms with Gasteiger partial charge in [0, 0.05) is 23.8 Å². The van der Waals surface area contributed by atoms with Gasteiger partial charge in [-0.25, -0.2) is 31.1 Å². The fourth-order valence-corrected chi connectivity index (χ4v) is 6.48. The van der Waals surface area contributed by atoms with Gasteiger partial charge >= 0.3 is 7.82 Å². The van der Waals surface area contributed by atoms with Crippen LogP contribution < -0.4 is 14.6 Å². The molecule has 0 amide bonds. The van der Waals surface area contributed by atoms with E-state index >= 15 is 0 Å². The molecule has 0 aliphatic rings. The Morgan fingerprint density at radius 3 is 2.22 bits per heavy atom. The Morgan fingerprint density at radius 1 is 0.972 bits per heavy atom. The summed E-state index contributed by atoms with van der Waals surface area (Å²) in [6, 6.07) is 11.9. The number of benzene rings is 2. The third-order valence-corrected chi connectivity index (χ3v) is 8.35. The van der Waals surface area contributed by atoms with Crippen LogP contribution in [0, 0.1) is 0 Å². The molecular weight excluding hydrogens is 535 g/mol. The predicted molar refractivity (Wildman–Crippen MR) is 131 cm³/mol. The van der Waals surface area contributed by atoms with Gasteiger partial charge in [0.05, 0.1) is 17.3 Å². The second-order valence-corrected chi connectivity index (χ2v) is 13.0. The van der Waals surface area contributed by atoms with Crippen molar-refractivity contribution in [2.45, 2.75) is 0 Å². The van der Waals surface area contributed by atoms with Crippen LogP contribution in [0.1, 0.15) is 0 Å². The largest absolute Gasteiger partial charge is 0.524 e. The van der Waals surface area contributed by atoms with E-state index < -0.39 is 32.8 Å². The van der Waals surface area contributed by atoms with Crippen molar-refractivity contribution in [3.05, 3.63) is 60.9 Å². The summed E-state index contributed by atoms with van der Waals surface area (Å²) < 4.78 is 65.6. The molecule has 0 bridgehead atoms. The molecule has 36 heavy (non-hydrogen) atoms. The minimum Gasteiger partial charge on any atom is -0.404 e. The van der Waals surface area contributed by atoms with Crippen molar-refractivity contribution in [2.75, 3.05) is 21.4 Å². The molecule has 2 heterocycles. The fraction of sp³-hybridized carbons (Fsp3) is 0.105. The molecule has 0 aliphatic carbocycles. The van der Waals surface area contributed by atoms with Crippen molar-refractivity contribution >= 4 is 56.0 Å². The quantitative estimate of drug-likeness (QED) is 0.219. The van der Waals surface area contributed by atoms with Crippen LogP contribution in [-0.2, 0) is 24.4 Å². The monoisotopic (exact) mass is 554 g/mol. The molecule has 0 unspecified atom stereocenters. The number of rotatable bonds is 9. The number of aromatic nitrogens is 4. The van der Waals surface area contributed by atoms with E-state index in [1.54, 1.807) is 36.7 Å². The van der Waals surface area contributed by atoms with Crippen LogP contribution in [0.5, 0.6) is 5.75 Å². The highest BCUT2D eigenvalue weighted by molar-refractivity contribution is 8.08. The van der Waals surface area contributed by atoms with Gasteiger partial charge in [0.1, 0.15) is 5.75 Å². The summed E-state index contributed by atoms with van der Waals surface area (Å²) in [6.07, 6.45) is 3.93. The number of hydrogen-bond acceptors (Lipinski definition) is 10. The molecule has 0 fully saturated rings. The smallest absolute Gasteiger partial charge is 0.404 e. The van der Waals surface area contributed by atoms with Crippen LogP contribution in [0.3, 0.4) is 0 Å². The summed E-state index contributed by atoms with van der Waals surface area (Å²) in [6.45, 7) is 0. The lowest BCUT2D eigenvalue weighted by Crippen LogP contribution is -2.22. The highest BCUT2D eigenvalue weighted by atomic mass is 32.3. The minimum atomic E-state index is -4.67. The molecule has 2 aromatic carbocycles. The number of nitrogens with one attached hydrogen (secondary N) is 2. The Morgan fingerprint density at radius 2 is 1.61 bits per heavy atom. The van der Waals surface area contributed by atoms with Gasteiger partial charge in [-0.2, -0.15) is 10.1 Å². The Bertz CT molecular complexity index is 1670. The number of phosphoric ester groups is 1. The van der Waals surface area contributed by atoms with Crippen LogP contribution in [-0.4, -0.2) is 57.7 Å². The van der Waals surface area contributed by atoms with Crippen LogP contribution in [0.15, 0.2) is 60.9 Å². The number of sulfonamides is 1. The molecule has 0 aliphatic heterocycles. The molecule has 0 saturated carbocycles. The number of phosphoric acid groups is 1. The van der Waals surface area contributed by atoms with Gasteiger partial charge in [-0.05, 0) is 48.5 Å². The summed E-state index contributed by atoms with van der Waals surface area (Å²) in [4.78, 5) is 26.5. The average Bonchev–Trinajstić information content (AvgIpc) is 3.16. The molecule has 4 rings (SSSR count). The maximum Gasteiger partial charge on any atom is 0.524 e. The average molecular weight is 555 g/mol. The molecule has 0 saturated heterocycles. The Balaban J connectivity index is 1.52. The third kappa shape index (κ3) is 6.77. The van der Waals surface area contributed by atoms with Gasteiger partial charge < -0.3 is 9.84 Å². The summed E-state index contributed by atoms with van der Waals surface area (Å²) in [7, 11) is -12.5. The van der Waals surface area contributed by atoms with Crippen LogP contribution in [0.2, 0.25) is 0 Å². The lowest BCUT2D eigenvalue weighted by molar-refractivity contribution is 0.283. The van der Waals surface area contributed by atoms with E-state index in [1.807, 2.05) is 0 Å². The molecule has 4 N–H and O–H groups in total. The van der Waals surface area contributed by atoms with Crippen molar-refractivity contribution in [3.8, 4) is 11.4 Å². The molecular formula is C19H19N6O8PS2. The maximum atomic E-state index is 11.9. The van der Waals surface area contributed by atoms with Gasteiger partial charge in [-0.3, -0.25) is 14.5 Å². The number of anilines is 3. The summed E-state index contributed by atoms with van der Waals surface area (Å²) in [5, 5.41) is 6.86. The number of hydrogen-bond donors (Lipinski definition) is 4. The summed E-state index contributed by atoms with van der Waals surface area (Å²) in [5.74, 6) is 0.207. The summed E-state index contributed by atoms with van der Waals surface area (Å²) in [5.41, 5.74) is 1.72. The number of nitrogens with zero attached hydrogens (tertiary/aromatic N) is 4. The number of sulfone groups is 1. The first-order valence-electron chi connectivity index (χ1n) is 9.88. The van der Waals surface area contributed by atoms with Crippen LogP contribution in [0.4, 0.5) is 17.3 Å². The second kappa shape index (κ2) is 9.48. The third-order valence-electron chi connectivity index (χ3n) is 4.40. The van der Waals surface area contributed by atoms with Gasteiger partial charge in [0.2, 0.25) is 16.0 Å². The van der Waals surface area contributed by atoms with E-state index in [-0.39, 0.29) is 17.4 Å². The van der Waals surface area contributed by atoms with Gasteiger partial charge in [0.15, 0.2) is 20.6 Å². The normalized spacial score (nSPS) is 12.4. The zero-order valence-corrected chi connectivity index (χ0v) is 20.9. The number of fused-ring (bicyclic) bond motifs is 1. The zero-order chi connectivity index (χ0) is 26.1. The predicted octanol–water partition coefficient (Wildman–Crippen LogP) is 1.77. The highest BCUT2D eigenvalue weighted by Gasteiger charge is 2.18. The lowest BCUT2D eigenvalue weighted by atomic mass is 10.3. The molecule has 14 nitrogen and oxygen atoms in total. The van der Waals surface area contributed by atoms with E-state index in [4.69, 9.17) is 9.79 Å². The first-order valence-corrected chi connectivity index (χ1v) is 15.1. The zero-order valence-electron chi connectivity index (χ0n) is 18.4. The van der Waals surface area contributed by atoms with E-state index in [0.29, 0.717) is 22.4 Å². The maximum absolute atomic E-state index is 11.9. The van der Waals surface area contributed by atoms with Crippen molar-refractivity contribution in [1.82, 2.24) is 19.7 Å².